The van der Waals surface area contributed by atoms with Crippen molar-refractivity contribution < 1.29 is 22.3 Å². The smallest absolute Gasteiger partial charge is 0.254 e. The fourth-order valence-electron chi connectivity index (χ4n) is 3.14. The Kier molecular flexibility index (Phi) is 5.27. The summed E-state index contributed by atoms with van der Waals surface area (Å²) in [5.74, 6) is -0.160. The number of hydrogen-bond acceptors (Lipinski definition) is 4. The van der Waals surface area contributed by atoms with E-state index in [0.717, 1.165) is 0 Å². The summed E-state index contributed by atoms with van der Waals surface area (Å²) in [5, 5.41) is 0. The van der Waals surface area contributed by atoms with Crippen molar-refractivity contribution in [2.24, 2.45) is 0 Å². The quantitative estimate of drug-likeness (QED) is 0.804. The maximum atomic E-state index is 13.5. The predicted molar refractivity (Wildman–Crippen MR) is 96.3 cm³/mol. The SMILES string of the molecule is COc1cccc(C(=O)N(Cc2cccc(F)c2)[C@@H]2CCS(=O)(=O)C2)c1. The molecule has 0 saturated carbocycles. The van der Waals surface area contributed by atoms with Crippen molar-refractivity contribution in [3.8, 4) is 5.75 Å². The molecule has 1 heterocycles. The van der Waals surface area contributed by atoms with Gasteiger partial charge in [-0.25, -0.2) is 12.8 Å². The van der Waals surface area contributed by atoms with Crippen LogP contribution in [-0.2, 0) is 16.4 Å². The van der Waals surface area contributed by atoms with Crippen molar-refractivity contribution in [1.29, 1.82) is 0 Å². The van der Waals surface area contributed by atoms with Crippen LogP contribution in [0.1, 0.15) is 22.3 Å². The summed E-state index contributed by atoms with van der Waals surface area (Å²) in [7, 11) is -1.65. The Morgan fingerprint density at radius 3 is 2.65 bits per heavy atom. The zero-order valence-corrected chi connectivity index (χ0v) is 15.2. The molecule has 2 aromatic carbocycles. The first-order valence-electron chi connectivity index (χ1n) is 8.28. The summed E-state index contributed by atoms with van der Waals surface area (Å²) in [5.41, 5.74) is 1.02. The maximum Gasteiger partial charge on any atom is 0.254 e. The van der Waals surface area contributed by atoms with Crippen LogP contribution in [0.15, 0.2) is 48.5 Å². The molecule has 0 radical (unpaired) electrons. The highest BCUT2D eigenvalue weighted by Gasteiger charge is 2.35. The summed E-state index contributed by atoms with van der Waals surface area (Å²) < 4.78 is 42.5. The summed E-state index contributed by atoms with van der Waals surface area (Å²) >= 11 is 0. The molecule has 0 spiro atoms. The Morgan fingerprint density at radius 1 is 1.23 bits per heavy atom. The van der Waals surface area contributed by atoms with Crippen LogP contribution in [0.4, 0.5) is 4.39 Å². The second-order valence-electron chi connectivity index (χ2n) is 6.35. The molecule has 1 amide bonds. The zero-order valence-electron chi connectivity index (χ0n) is 14.4. The predicted octanol–water partition coefficient (Wildman–Crippen LogP) is 2.66. The van der Waals surface area contributed by atoms with E-state index in [4.69, 9.17) is 4.74 Å². The second kappa shape index (κ2) is 7.45. The second-order valence-corrected chi connectivity index (χ2v) is 8.58. The minimum Gasteiger partial charge on any atom is -0.497 e. The molecule has 26 heavy (non-hydrogen) atoms. The third-order valence-corrected chi connectivity index (χ3v) is 6.22. The van der Waals surface area contributed by atoms with Crippen LogP contribution in [0.5, 0.6) is 5.75 Å². The molecule has 1 atom stereocenters. The van der Waals surface area contributed by atoms with Crippen LogP contribution in [0.2, 0.25) is 0 Å². The van der Waals surface area contributed by atoms with E-state index in [0.29, 0.717) is 23.3 Å². The van der Waals surface area contributed by atoms with E-state index in [-0.39, 0.29) is 24.0 Å². The van der Waals surface area contributed by atoms with Crippen LogP contribution in [0.25, 0.3) is 0 Å². The molecule has 0 N–H and O–H groups in total. The van der Waals surface area contributed by atoms with Gasteiger partial charge in [0.05, 0.1) is 18.6 Å². The summed E-state index contributed by atoms with van der Waals surface area (Å²) in [6.07, 6.45) is 0.382. The first kappa shape index (κ1) is 18.4. The Balaban J connectivity index is 1.92. The highest BCUT2D eigenvalue weighted by Crippen LogP contribution is 2.24. The van der Waals surface area contributed by atoms with E-state index < -0.39 is 21.7 Å². The molecule has 7 heteroatoms. The fourth-order valence-corrected chi connectivity index (χ4v) is 4.87. The molecule has 0 aliphatic carbocycles. The van der Waals surface area contributed by atoms with Crippen LogP contribution in [0, 0.1) is 5.82 Å². The number of halogens is 1. The van der Waals surface area contributed by atoms with Crippen molar-refractivity contribution in [3.63, 3.8) is 0 Å². The van der Waals surface area contributed by atoms with E-state index in [9.17, 15) is 17.6 Å². The Morgan fingerprint density at radius 2 is 2.00 bits per heavy atom. The number of rotatable bonds is 5. The minimum atomic E-state index is -3.16. The third-order valence-electron chi connectivity index (χ3n) is 4.47. The number of sulfone groups is 1. The van der Waals surface area contributed by atoms with Gasteiger partial charge < -0.3 is 9.64 Å². The molecule has 5 nitrogen and oxygen atoms in total. The van der Waals surface area contributed by atoms with E-state index in [2.05, 4.69) is 0 Å². The Bertz CT molecular complexity index is 913. The van der Waals surface area contributed by atoms with Gasteiger partial charge in [-0.1, -0.05) is 18.2 Å². The molecule has 1 saturated heterocycles. The van der Waals surface area contributed by atoms with E-state index in [1.165, 1.54) is 24.1 Å². The molecular weight excluding hydrogens is 357 g/mol. The van der Waals surface area contributed by atoms with Crippen molar-refractivity contribution in [2.75, 3.05) is 18.6 Å². The van der Waals surface area contributed by atoms with Gasteiger partial charge in [0.1, 0.15) is 11.6 Å². The molecular formula is C19H20FNO4S. The third kappa shape index (κ3) is 4.22. The molecule has 138 valence electrons. The lowest BCUT2D eigenvalue weighted by atomic mass is 10.1. The largest absolute Gasteiger partial charge is 0.497 e. The average molecular weight is 377 g/mol. The number of methoxy groups -OCH3 is 1. The van der Waals surface area contributed by atoms with Gasteiger partial charge in [0.25, 0.3) is 5.91 Å². The Labute approximate surface area is 152 Å². The number of carbonyl (C=O) groups is 1. The van der Waals surface area contributed by atoms with Gasteiger partial charge >= 0.3 is 0 Å². The Hall–Kier alpha value is -2.41. The number of amides is 1. The van der Waals surface area contributed by atoms with Crippen LogP contribution >= 0.6 is 0 Å². The standard InChI is InChI=1S/C19H20FNO4S/c1-25-18-7-3-5-15(11-18)19(22)21(17-8-9-26(23,24)13-17)12-14-4-2-6-16(20)10-14/h2-7,10-11,17H,8-9,12-13H2,1H3/t17-/m1/s1. The first-order chi connectivity index (χ1) is 12.4. The van der Waals surface area contributed by atoms with E-state index >= 15 is 0 Å². The average Bonchev–Trinajstić information content (AvgIpc) is 2.99. The summed E-state index contributed by atoms with van der Waals surface area (Å²) in [6, 6.07) is 12.3. The monoisotopic (exact) mass is 377 g/mol. The maximum absolute atomic E-state index is 13.5. The molecule has 2 aromatic rings. The number of nitrogens with zero attached hydrogens (tertiary/aromatic N) is 1. The highest BCUT2D eigenvalue weighted by atomic mass is 32.2. The van der Waals surface area contributed by atoms with E-state index in [1.807, 2.05) is 0 Å². The summed E-state index contributed by atoms with van der Waals surface area (Å²) in [6.45, 7) is 0.147. The normalized spacial score (nSPS) is 18.5. The van der Waals surface area contributed by atoms with Crippen LogP contribution in [-0.4, -0.2) is 43.9 Å². The molecule has 3 rings (SSSR count). The fraction of sp³-hybridized carbons (Fsp3) is 0.316. The molecule has 1 fully saturated rings. The topological polar surface area (TPSA) is 63.7 Å². The minimum absolute atomic E-state index is 0.0582. The highest BCUT2D eigenvalue weighted by molar-refractivity contribution is 7.91. The van der Waals surface area contributed by atoms with Crippen molar-refractivity contribution in [2.45, 2.75) is 19.0 Å². The molecule has 1 aliphatic heterocycles. The van der Waals surface area contributed by atoms with Gasteiger partial charge in [0.2, 0.25) is 0 Å². The van der Waals surface area contributed by atoms with Gasteiger partial charge in [-0.3, -0.25) is 4.79 Å². The van der Waals surface area contributed by atoms with E-state index in [1.54, 1.807) is 36.4 Å². The lowest BCUT2D eigenvalue weighted by Crippen LogP contribution is -2.40. The first-order valence-corrected chi connectivity index (χ1v) is 10.1. The number of hydrogen-bond donors (Lipinski definition) is 0. The zero-order chi connectivity index (χ0) is 18.7. The lowest BCUT2D eigenvalue weighted by Gasteiger charge is -2.28. The van der Waals surface area contributed by atoms with Gasteiger partial charge in [-0.05, 0) is 42.3 Å². The number of benzene rings is 2. The molecule has 0 bridgehead atoms. The number of ether oxygens (including phenoxy) is 1. The van der Waals surface area contributed by atoms with Crippen LogP contribution < -0.4 is 4.74 Å². The van der Waals surface area contributed by atoms with Crippen LogP contribution in [0.3, 0.4) is 0 Å². The molecule has 0 unspecified atom stereocenters. The van der Waals surface area contributed by atoms with Crippen molar-refractivity contribution >= 4 is 15.7 Å². The van der Waals surface area contributed by atoms with Gasteiger partial charge in [-0.2, -0.15) is 0 Å². The van der Waals surface area contributed by atoms with Crippen molar-refractivity contribution in [3.05, 3.63) is 65.5 Å². The molecule has 1 aliphatic rings. The van der Waals surface area contributed by atoms with Gasteiger partial charge in [-0.15, -0.1) is 0 Å². The van der Waals surface area contributed by atoms with Gasteiger partial charge in [0, 0.05) is 18.2 Å². The van der Waals surface area contributed by atoms with Gasteiger partial charge in [0.15, 0.2) is 9.84 Å². The molecule has 0 aromatic heterocycles. The number of carbonyl (C=O) groups excluding carboxylic acids is 1. The van der Waals surface area contributed by atoms with Crippen molar-refractivity contribution in [1.82, 2.24) is 4.90 Å². The summed E-state index contributed by atoms with van der Waals surface area (Å²) in [4.78, 5) is 14.6. The lowest BCUT2D eigenvalue weighted by molar-refractivity contribution is 0.0680.